The van der Waals surface area contributed by atoms with Crippen LogP contribution in [0.3, 0.4) is 0 Å². The molecule has 0 heterocycles. The fourth-order valence-corrected chi connectivity index (χ4v) is 1.28. The van der Waals surface area contributed by atoms with Gasteiger partial charge in [0, 0.05) is 6.92 Å². The van der Waals surface area contributed by atoms with Gasteiger partial charge in [0.15, 0.2) is 0 Å². The average molecular weight is 234 g/mol. The minimum atomic E-state index is -0.677. The average Bonchev–Trinajstić information content (AvgIpc) is 2.29. The molecule has 4 nitrogen and oxygen atoms in total. The summed E-state index contributed by atoms with van der Waals surface area (Å²) in [6.45, 7) is 3.13. The molecule has 0 spiro atoms. The number of hydrogen-bond acceptors (Lipinski definition) is 4. The van der Waals surface area contributed by atoms with Gasteiger partial charge in [0.05, 0.1) is 7.11 Å². The Bertz CT molecular complexity index is 460. The zero-order valence-corrected chi connectivity index (χ0v) is 10.0. The highest BCUT2D eigenvalue weighted by Gasteiger charge is 2.14. The summed E-state index contributed by atoms with van der Waals surface area (Å²) in [7, 11) is 1.23. The summed E-state index contributed by atoms with van der Waals surface area (Å²) in [6, 6.07) is 7.44. The molecular weight excluding hydrogens is 220 g/mol. The predicted octanol–water partition coefficient (Wildman–Crippen LogP) is 2.07. The summed E-state index contributed by atoms with van der Waals surface area (Å²) >= 11 is 0. The maximum Gasteiger partial charge on any atom is 0.374 e. The number of hydrogen-bond donors (Lipinski definition) is 0. The van der Waals surface area contributed by atoms with Gasteiger partial charge in [0.1, 0.15) is 0 Å². The van der Waals surface area contributed by atoms with Crippen molar-refractivity contribution >= 4 is 18.0 Å². The van der Waals surface area contributed by atoms with E-state index in [0.29, 0.717) is 0 Å². The molecule has 0 aliphatic carbocycles. The number of benzene rings is 1. The Labute approximate surface area is 99.8 Å². The second-order valence-corrected chi connectivity index (χ2v) is 3.45. The van der Waals surface area contributed by atoms with Gasteiger partial charge in [-0.25, -0.2) is 4.79 Å². The Morgan fingerprint density at radius 2 is 1.88 bits per heavy atom. The topological polar surface area (TPSA) is 52.6 Å². The maximum absolute atomic E-state index is 11.4. The Morgan fingerprint density at radius 3 is 2.41 bits per heavy atom. The quantitative estimate of drug-likeness (QED) is 0.456. The first-order valence-electron chi connectivity index (χ1n) is 5.08. The van der Waals surface area contributed by atoms with Gasteiger partial charge in [-0.3, -0.25) is 4.79 Å². The highest BCUT2D eigenvalue weighted by Crippen LogP contribution is 2.13. The van der Waals surface area contributed by atoms with Gasteiger partial charge in [-0.2, -0.15) is 0 Å². The van der Waals surface area contributed by atoms with Crippen molar-refractivity contribution in [2.45, 2.75) is 13.8 Å². The summed E-state index contributed by atoms with van der Waals surface area (Å²) in [5.41, 5.74) is 1.77. The van der Waals surface area contributed by atoms with E-state index in [2.05, 4.69) is 4.74 Å². The Kier molecular flexibility index (Phi) is 4.46. The molecule has 0 aliphatic heterocycles. The molecular formula is C13H14O4. The molecule has 0 aliphatic rings. The third-order valence-corrected chi connectivity index (χ3v) is 2.12. The lowest BCUT2D eigenvalue weighted by Crippen LogP contribution is -2.11. The van der Waals surface area contributed by atoms with Crippen molar-refractivity contribution in [2.75, 3.05) is 7.11 Å². The molecule has 0 bridgehead atoms. The van der Waals surface area contributed by atoms with Crippen LogP contribution in [0.15, 0.2) is 30.0 Å². The van der Waals surface area contributed by atoms with Crippen molar-refractivity contribution in [1.29, 1.82) is 0 Å². The number of aryl methyl sites for hydroxylation is 1. The Balaban J connectivity index is 3.09. The van der Waals surface area contributed by atoms with Gasteiger partial charge in [0.25, 0.3) is 0 Å². The third-order valence-electron chi connectivity index (χ3n) is 2.12. The predicted molar refractivity (Wildman–Crippen MR) is 62.9 cm³/mol. The Hall–Kier alpha value is -2.10. The van der Waals surface area contributed by atoms with E-state index in [4.69, 9.17) is 4.74 Å². The molecule has 0 radical (unpaired) electrons. The summed E-state index contributed by atoms with van der Waals surface area (Å²) in [4.78, 5) is 22.3. The number of ether oxygens (including phenoxy) is 2. The highest BCUT2D eigenvalue weighted by atomic mass is 16.6. The van der Waals surface area contributed by atoms with E-state index in [1.54, 1.807) is 0 Å². The van der Waals surface area contributed by atoms with Crippen molar-refractivity contribution in [3.8, 4) is 0 Å². The minimum absolute atomic E-state index is 0.116. The molecule has 17 heavy (non-hydrogen) atoms. The molecule has 0 N–H and O–H groups in total. The van der Waals surface area contributed by atoms with Gasteiger partial charge in [-0.05, 0) is 24.1 Å². The van der Waals surface area contributed by atoms with Gasteiger partial charge in [-0.1, -0.05) is 24.3 Å². The smallest absolute Gasteiger partial charge is 0.374 e. The molecule has 0 aromatic heterocycles. The number of carbonyl (C=O) groups excluding carboxylic acids is 2. The van der Waals surface area contributed by atoms with Crippen LogP contribution in [-0.4, -0.2) is 19.0 Å². The summed E-state index contributed by atoms with van der Waals surface area (Å²) in [6.07, 6.45) is 1.49. The first-order valence-corrected chi connectivity index (χ1v) is 5.08. The Morgan fingerprint density at radius 1 is 1.24 bits per heavy atom. The molecule has 0 saturated carbocycles. The third kappa shape index (κ3) is 3.75. The molecule has 90 valence electrons. The second kappa shape index (κ2) is 5.84. The van der Waals surface area contributed by atoms with Crippen molar-refractivity contribution in [1.82, 2.24) is 0 Å². The van der Waals surface area contributed by atoms with Gasteiger partial charge < -0.3 is 9.47 Å². The molecule has 0 unspecified atom stereocenters. The van der Waals surface area contributed by atoms with Crippen molar-refractivity contribution < 1.29 is 19.1 Å². The first-order chi connectivity index (χ1) is 8.04. The normalized spacial score (nSPS) is 10.9. The standard InChI is InChI=1S/C13H14O4/c1-9-6-4-5-7-11(9)8-12(13(15)16-3)17-10(2)14/h4-8H,1-3H3. The van der Waals surface area contributed by atoms with Crippen LogP contribution in [0.4, 0.5) is 0 Å². The molecule has 1 aromatic carbocycles. The summed E-state index contributed by atoms with van der Waals surface area (Å²) < 4.78 is 9.35. The van der Waals surface area contributed by atoms with E-state index >= 15 is 0 Å². The lowest BCUT2D eigenvalue weighted by Gasteiger charge is -2.06. The molecule has 1 rings (SSSR count). The number of carbonyl (C=O) groups is 2. The monoisotopic (exact) mass is 234 g/mol. The number of methoxy groups -OCH3 is 1. The number of esters is 2. The van der Waals surface area contributed by atoms with Crippen LogP contribution in [0.2, 0.25) is 0 Å². The highest BCUT2D eigenvalue weighted by molar-refractivity contribution is 5.94. The van der Waals surface area contributed by atoms with Crippen molar-refractivity contribution in [3.05, 3.63) is 41.2 Å². The zero-order valence-electron chi connectivity index (χ0n) is 10.0. The summed E-state index contributed by atoms with van der Waals surface area (Å²) in [5.74, 6) is -1.35. The molecule has 0 atom stereocenters. The molecule has 0 amide bonds. The largest absolute Gasteiger partial charge is 0.463 e. The maximum atomic E-state index is 11.4. The van der Waals surface area contributed by atoms with Crippen LogP contribution >= 0.6 is 0 Å². The van der Waals surface area contributed by atoms with Crippen LogP contribution in [-0.2, 0) is 19.1 Å². The van der Waals surface area contributed by atoms with E-state index in [1.807, 2.05) is 31.2 Å². The molecule has 0 fully saturated rings. The molecule has 1 aromatic rings. The van der Waals surface area contributed by atoms with Crippen molar-refractivity contribution in [3.63, 3.8) is 0 Å². The lowest BCUT2D eigenvalue weighted by atomic mass is 10.1. The van der Waals surface area contributed by atoms with Crippen molar-refractivity contribution in [2.24, 2.45) is 0 Å². The first kappa shape index (κ1) is 13.0. The SMILES string of the molecule is COC(=O)C(=Cc1ccccc1C)OC(C)=O. The van der Waals surface area contributed by atoms with Crippen LogP contribution < -0.4 is 0 Å². The van der Waals surface area contributed by atoms with Gasteiger partial charge >= 0.3 is 11.9 Å². The summed E-state index contributed by atoms with van der Waals surface area (Å²) in [5, 5.41) is 0. The fourth-order valence-electron chi connectivity index (χ4n) is 1.28. The lowest BCUT2D eigenvalue weighted by molar-refractivity contribution is -0.148. The zero-order chi connectivity index (χ0) is 12.8. The molecule has 0 saturated heterocycles. The van der Waals surface area contributed by atoms with E-state index in [-0.39, 0.29) is 5.76 Å². The van der Waals surface area contributed by atoms with E-state index in [9.17, 15) is 9.59 Å². The van der Waals surface area contributed by atoms with E-state index in [0.717, 1.165) is 11.1 Å². The van der Waals surface area contributed by atoms with E-state index < -0.39 is 11.9 Å². The van der Waals surface area contributed by atoms with Crippen LogP contribution in [0, 0.1) is 6.92 Å². The van der Waals surface area contributed by atoms with Gasteiger partial charge in [-0.15, -0.1) is 0 Å². The molecule has 4 heteroatoms. The van der Waals surface area contributed by atoms with E-state index in [1.165, 1.54) is 20.1 Å². The van der Waals surface area contributed by atoms with Crippen LogP contribution in [0.5, 0.6) is 0 Å². The fraction of sp³-hybridized carbons (Fsp3) is 0.231. The second-order valence-electron chi connectivity index (χ2n) is 3.45. The van der Waals surface area contributed by atoms with Crippen LogP contribution in [0.1, 0.15) is 18.1 Å². The number of rotatable bonds is 3. The van der Waals surface area contributed by atoms with Crippen LogP contribution in [0.25, 0.3) is 6.08 Å². The van der Waals surface area contributed by atoms with Gasteiger partial charge in [0.2, 0.25) is 5.76 Å². The minimum Gasteiger partial charge on any atom is -0.463 e.